The molecule has 2 aromatic carbocycles. The first-order chi connectivity index (χ1) is 15.2. The number of carbonyl (C=O) groups excluding carboxylic acids is 2. The number of hydrogen-bond donors (Lipinski definition) is 2. The van der Waals surface area contributed by atoms with Crippen molar-refractivity contribution in [2.24, 2.45) is 5.92 Å². The molecule has 1 saturated carbocycles. The van der Waals surface area contributed by atoms with Crippen LogP contribution in [-0.2, 0) is 0 Å². The average Bonchev–Trinajstić information content (AvgIpc) is 3.66. The standard InChI is InChI=1S/C25H22N4O2/c30-24(22-19-7-3-1-5-16(19)11-13-26-22)28-15-21(18-9-10-18)29-25(31)23-20-8-4-2-6-17(20)12-14-27-23/h1-8,11-14,18,21H,9-10,15H2,(H,28,30)(H,29,31). The van der Waals surface area contributed by atoms with Gasteiger partial charge in [-0.25, -0.2) is 0 Å². The normalized spacial score (nSPS) is 14.3. The van der Waals surface area contributed by atoms with Crippen molar-refractivity contribution in [3.63, 3.8) is 0 Å². The van der Waals surface area contributed by atoms with Crippen LogP contribution < -0.4 is 10.6 Å². The maximum Gasteiger partial charge on any atom is 0.270 e. The van der Waals surface area contributed by atoms with Gasteiger partial charge in [-0.05, 0) is 41.7 Å². The van der Waals surface area contributed by atoms with Crippen molar-refractivity contribution in [1.29, 1.82) is 0 Å². The van der Waals surface area contributed by atoms with Crippen LogP contribution in [0.2, 0.25) is 0 Å². The maximum absolute atomic E-state index is 13.0. The summed E-state index contributed by atoms with van der Waals surface area (Å²) in [5.41, 5.74) is 0.806. The second kappa shape index (κ2) is 8.14. The van der Waals surface area contributed by atoms with Crippen LogP contribution in [0, 0.1) is 5.92 Å². The highest BCUT2D eigenvalue weighted by molar-refractivity contribution is 6.06. The van der Waals surface area contributed by atoms with Crippen molar-refractivity contribution >= 4 is 33.4 Å². The summed E-state index contributed by atoms with van der Waals surface area (Å²) in [5.74, 6) is -0.0917. The van der Waals surface area contributed by atoms with Gasteiger partial charge >= 0.3 is 0 Å². The van der Waals surface area contributed by atoms with E-state index in [2.05, 4.69) is 20.6 Å². The van der Waals surface area contributed by atoms with Crippen molar-refractivity contribution in [1.82, 2.24) is 20.6 Å². The lowest BCUT2D eigenvalue weighted by molar-refractivity contribution is 0.0900. The molecule has 1 aliphatic carbocycles. The molecule has 2 heterocycles. The molecule has 2 aromatic heterocycles. The van der Waals surface area contributed by atoms with Gasteiger partial charge in [-0.3, -0.25) is 19.6 Å². The first-order valence-electron chi connectivity index (χ1n) is 10.5. The number of aromatic nitrogens is 2. The molecule has 6 heteroatoms. The van der Waals surface area contributed by atoms with Crippen molar-refractivity contribution in [2.75, 3.05) is 6.54 Å². The van der Waals surface area contributed by atoms with E-state index in [9.17, 15) is 9.59 Å². The summed E-state index contributed by atoms with van der Waals surface area (Å²) in [5, 5.41) is 9.64. The van der Waals surface area contributed by atoms with Gasteiger partial charge in [0, 0.05) is 35.8 Å². The molecule has 31 heavy (non-hydrogen) atoms. The monoisotopic (exact) mass is 410 g/mol. The van der Waals surface area contributed by atoms with Gasteiger partial charge < -0.3 is 10.6 Å². The Morgan fingerprint density at radius 3 is 1.94 bits per heavy atom. The largest absolute Gasteiger partial charge is 0.349 e. The fourth-order valence-electron chi connectivity index (χ4n) is 3.96. The topological polar surface area (TPSA) is 84.0 Å². The summed E-state index contributed by atoms with van der Waals surface area (Å²) in [6.45, 7) is 0.352. The van der Waals surface area contributed by atoms with Gasteiger partial charge in [0.15, 0.2) is 0 Å². The van der Waals surface area contributed by atoms with Crippen LogP contribution in [-0.4, -0.2) is 34.4 Å². The third-order valence-electron chi connectivity index (χ3n) is 5.77. The zero-order valence-electron chi connectivity index (χ0n) is 16.9. The second-order valence-corrected chi connectivity index (χ2v) is 7.89. The molecule has 0 saturated heterocycles. The van der Waals surface area contributed by atoms with Gasteiger partial charge in [0.1, 0.15) is 11.4 Å². The number of hydrogen-bond acceptors (Lipinski definition) is 4. The number of fused-ring (bicyclic) bond motifs is 2. The number of nitrogens with zero attached hydrogens (tertiary/aromatic N) is 2. The summed E-state index contributed by atoms with van der Waals surface area (Å²) >= 11 is 0. The van der Waals surface area contributed by atoms with E-state index in [1.165, 1.54) is 0 Å². The van der Waals surface area contributed by atoms with Crippen molar-refractivity contribution in [3.8, 4) is 0 Å². The maximum atomic E-state index is 13.0. The predicted octanol–water partition coefficient (Wildman–Crippen LogP) is 3.72. The van der Waals surface area contributed by atoms with E-state index >= 15 is 0 Å². The molecule has 4 aromatic rings. The third-order valence-corrected chi connectivity index (χ3v) is 5.77. The Morgan fingerprint density at radius 1 is 0.806 bits per heavy atom. The zero-order valence-corrected chi connectivity index (χ0v) is 16.9. The second-order valence-electron chi connectivity index (χ2n) is 7.89. The van der Waals surface area contributed by atoms with Crippen molar-refractivity contribution < 1.29 is 9.59 Å². The summed E-state index contributed by atoms with van der Waals surface area (Å²) in [6.07, 6.45) is 5.37. The van der Waals surface area contributed by atoms with Crippen LogP contribution >= 0.6 is 0 Å². The Balaban J connectivity index is 1.31. The number of amides is 2. The third kappa shape index (κ3) is 3.97. The molecule has 2 amide bonds. The first-order valence-corrected chi connectivity index (χ1v) is 10.5. The summed E-state index contributed by atoms with van der Waals surface area (Å²) in [7, 11) is 0. The average molecular weight is 410 g/mol. The Morgan fingerprint density at radius 2 is 1.35 bits per heavy atom. The molecule has 1 unspecified atom stereocenters. The minimum absolute atomic E-state index is 0.146. The van der Waals surface area contributed by atoms with E-state index in [0.717, 1.165) is 34.4 Å². The number of benzene rings is 2. The lowest BCUT2D eigenvalue weighted by Gasteiger charge is -2.19. The number of rotatable bonds is 6. The molecule has 0 aliphatic heterocycles. The van der Waals surface area contributed by atoms with Crippen LogP contribution in [0.3, 0.4) is 0 Å². The van der Waals surface area contributed by atoms with E-state index in [4.69, 9.17) is 0 Å². The van der Waals surface area contributed by atoms with Crippen LogP contribution in [0.15, 0.2) is 73.1 Å². The quantitative estimate of drug-likeness (QED) is 0.507. The highest BCUT2D eigenvalue weighted by atomic mass is 16.2. The summed E-state index contributed by atoms with van der Waals surface area (Å²) in [6, 6.07) is 19.0. The summed E-state index contributed by atoms with van der Waals surface area (Å²) in [4.78, 5) is 34.4. The number of carbonyl (C=O) groups is 2. The van der Waals surface area contributed by atoms with Crippen molar-refractivity contribution in [3.05, 3.63) is 84.4 Å². The van der Waals surface area contributed by atoms with Gasteiger partial charge in [-0.15, -0.1) is 0 Å². The van der Waals surface area contributed by atoms with E-state index in [1.807, 2.05) is 60.7 Å². The number of pyridine rings is 2. The Bertz CT molecular complexity index is 1270. The molecule has 2 N–H and O–H groups in total. The molecule has 6 nitrogen and oxygen atoms in total. The molecule has 5 rings (SSSR count). The van der Waals surface area contributed by atoms with E-state index in [0.29, 0.717) is 23.9 Å². The van der Waals surface area contributed by atoms with Gasteiger partial charge in [-0.1, -0.05) is 48.5 Å². The smallest absolute Gasteiger partial charge is 0.270 e. The van der Waals surface area contributed by atoms with Gasteiger partial charge in [0.05, 0.1) is 0 Å². The molecule has 0 bridgehead atoms. The van der Waals surface area contributed by atoms with Crippen LogP contribution in [0.25, 0.3) is 21.5 Å². The predicted molar refractivity (Wildman–Crippen MR) is 120 cm³/mol. The molecule has 0 spiro atoms. The Labute approximate surface area is 179 Å². The highest BCUT2D eigenvalue weighted by Crippen LogP contribution is 2.32. The highest BCUT2D eigenvalue weighted by Gasteiger charge is 2.33. The van der Waals surface area contributed by atoms with Gasteiger partial charge in [0.2, 0.25) is 0 Å². The van der Waals surface area contributed by atoms with Gasteiger partial charge in [-0.2, -0.15) is 0 Å². The van der Waals surface area contributed by atoms with E-state index in [-0.39, 0.29) is 17.9 Å². The lowest BCUT2D eigenvalue weighted by Crippen LogP contribution is -2.45. The molecular weight excluding hydrogens is 388 g/mol. The minimum Gasteiger partial charge on any atom is -0.349 e. The van der Waals surface area contributed by atoms with Gasteiger partial charge in [0.25, 0.3) is 11.8 Å². The Hall–Kier alpha value is -3.80. The van der Waals surface area contributed by atoms with E-state index < -0.39 is 0 Å². The molecule has 154 valence electrons. The first kappa shape index (κ1) is 19.2. The van der Waals surface area contributed by atoms with E-state index in [1.54, 1.807) is 12.4 Å². The summed E-state index contributed by atoms with van der Waals surface area (Å²) < 4.78 is 0. The van der Waals surface area contributed by atoms with Crippen LogP contribution in [0.5, 0.6) is 0 Å². The lowest BCUT2D eigenvalue weighted by atomic mass is 10.1. The van der Waals surface area contributed by atoms with Crippen LogP contribution in [0.1, 0.15) is 33.8 Å². The molecule has 1 aliphatic rings. The Kier molecular flexibility index (Phi) is 5.04. The van der Waals surface area contributed by atoms with Crippen molar-refractivity contribution in [2.45, 2.75) is 18.9 Å². The number of nitrogens with one attached hydrogen (secondary N) is 2. The fourth-order valence-corrected chi connectivity index (χ4v) is 3.96. The SMILES string of the molecule is O=C(NCC(NC(=O)c1nccc2ccccc12)C1CC1)c1nccc2ccccc12. The van der Waals surface area contributed by atoms with Crippen LogP contribution in [0.4, 0.5) is 0 Å². The fraction of sp³-hybridized carbons (Fsp3) is 0.200. The zero-order chi connectivity index (χ0) is 21.2. The minimum atomic E-state index is -0.236. The molecule has 1 atom stereocenters. The molecule has 1 fully saturated rings. The molecular formula is C25H22N4O2. The molecule has 0 radical (unpaired) electrons.